The van der Waals surface area contributed by atoms with Gasteiger partial charge in [0.15, 0.2) is 0 Å². The zero-order chi connectivity index (χ0) is 20.1. The highest BCUT2D eigenvalue weighted by Crippen LogP contribution is 2.46. The maximum atomic E-state index is 10.7. The lowest BCUT2D eigenvalue weighted by Crippen LogP contribution is -2.06. The van der Waals surface area contributed by atoms with E-state index in [1.54, 1.807) is 32.4 Å². The average Bonchev–Trinajstić information content (AvgIpc) is 2.73. The summed E-state index contributed by atoms with van der Waals surface area (Å²) in [6.07, 6.45) is -0.288. The van der Waals surface area contributed by atoms with E-state index in [1.165, 1.54) is 0 Å². The molecule has 0 saturated heterocycles. The fourth-order valence-corrected chi connectivity index (χ4v) is 3.23. The van der Waals surface area contributed by atoms with Gasteiger partial charge in [0, 0.05) is 17.0 Å². The molecule has 0 fully saturated rings. The van der Waals surface area contributed by atoms with E-state index < -0.39 is 0 Å². The van der Waals surface area contributed by atoms with Crippen LogP contribution in [0.1, 0.15) is 31.1 Å². The van der Waals surface area contributed by atoms with Gasteiger partial charge < -0.3 is 24.1 Å². The lowest BCUT2D eigenvalue weighted by molar-refractivity contribution is 0.0506. The molecule has 0 aromatic heterocycles. The predicted molar refractivity (Wildman–Crippen MR) is 110 cm³/mol. The Balaban J connectivity index is 2.07. The van der Waals surface area contributed by atoms with E-state index in [4.69, 9.17) is 18.9 Å². The summed E-state index contributed by atoms with van der Waals surface area (Å²) in [5.41, 5.74) is 1.85. The van der Waals surface area contributed by atoms with Crippen LogP contribution in [0.5, 0.6) is 23.0 Å². The number of aromatic hydroxyl groups is 1. The third-order valence-corrected chi connectivity index (χ3v) is 4.66. The van der Waals surface area contributed by atoms with Crippen LogP contribution in [0.15, 0.2) is 48.5 Å². The fourth-order valence-electron chi connectivity index (χ4n) is 3.23. The zero-order valence-corrected chi connectivity index (χ0v) is 16.7. The molecule has 1 unspecified atom stereocenters. The molecule has 5 nitrogen and oxygen atoms in total. The minimum Gasteiger partial charge on any atom is -0.507 e. The van der Waals surface area contributed by atoms with Crippen molar-refractivity contribution in [1.29, 1.82) is 0 Å². The van der Waals surface area contributed by atoms with Crippen molar-refractivity contribution in [3.63, 3.8) is 0 Å². The summed E-state index contributed by atoms with van der Waals surface area (Å²) in [6, 6.07) is 15.2. The fraction of sp³-hybridized carbons (Fsp3) is 0.304. The second-order valence-electron chi connectivity index (χ2n) is 6.44. The number of benzene rings is 3. The van der Waals surface area contributed by atoms with Crippen molar-refractivity contribution < 1.29 is 24.1 Å². The quantitative estimate of drug-likeness (QED) is 0.577. The van der Waals surface area contributed by atoms with Crippen LogP contribution in [0.25, 0.3) is 10.8 Å². The summed E-state index contributed by atoms with van der Waals surface area (Å²) < 4.78 is 22.9. The molecule has 0 aliphatic rings. The molecule has 0 bridgehead atoms. The average molecular weight is 382 g/mol. The second kappa shape index (κ2) is 8.85. The molecule has 0 aliphatic carbocycles. The van der Waals surface area contributed by atoms with Gasteiger partial charge in [0.25, 0.3) is 0 Å². The van der Waals surface area contributed by atoms with E-state index in [-0.39, 0.29) is 11.9 Å². The third-order valence-electron chi connectivity index (χ3n) is 4.66. The monoisotopic (exact) mass is 382 g/mol. The molecule has 28 heavy (non-hydrogen) atoms. The number of hydrogen-bond donors (Lipinski definition) is 1. The zero-order valence-electron chi connectivity index (χ0n) is 16.7. The number of fused-ring (bicyclic) bond motifs is 1. The Hall–Kier alpha value is -2.92. The van der Waals surface area contributed by atoms with Crippen LogP contribution in [0.3, 0.4) is 0 Å². The number of phenols is 1. The van der Waals surface area contributed by atoms with Gasteiger partial charge in [-0.05, 0) is 31.5 Å². The Bertz CT molecular complexity index is 937. The van der Waals surface area contributed by atoms with Crippen LogP contribution in [0.2, 0.25) is 0 Å². The Morgan fingerprint density at radius 2 is 1.75 bits per heavy atom. The first-order chi connectivity index (χ1) is 13.6. The molecular weight excluding hydrogens is 356 g/mol. The Morgan fingerprint density at radius 3 is 2.39 bits per heavy atom. The van der Waals surface area contributed by atoms with Crippen LogP contribution < -0.4 is 14.2 Å². The summed E-state index contributed by atoms with van der Waals surface area (Å²) in [4.78, 5) is 0. The van der Waals surface area contributed by atoms with Crippen molar-refractivity contribution in [3.05, 3.63) is 59.7 Å². The largest absolute Gasteiger partial charge is 0.507 e. The van der Waals surface area contributed by atoms with Crippen LogP contribution in [0.4, 0.5) is 0 Å². The summed E-state index contributed by atoms with van der Waals surface area (Å²) >= 11 is 0. The molecule has 148 valence electrons. The van der Waals surface area contributed by atoms with Crippen molar-refractivity contribution in [1.82, 2.24) is 0 Å². The first-order valence-corrected chi connectivity index (χ1v) is 9.28. The van der Waals surface area contributed by atoms with E-state index in [0.717, 1.165) is 11.1 Å². The maximum Gasteiger partial charge on any atom is 0.136 e. The normalized spacial score (nSPS) is 12.0. The number of methoxy groups -OCH3 is 2. The summed E-state index contributed by atoms with van der Waals surface area (Å²) in [5, 5.41) is 12.0. The minimum absolute atomic E-state index is 0.126. The van der Waals surface area contributed by atoms with Gasteiger partial charge in [-0.2, -0.15) is 0 Å². The van der Waals surface area contributed by atoms with Crippen molar-refractivity contribution in [2.75, 3.05) is 20.8 Å². The molecule has 3 aromatic carbocycles. The van der Waals surface area contributed by atoms with Gasteiger partial charge in [0.05, 0.1) is 38.9 Å². The maximum absolute atomic E-state index is 10.7. The van der Waals surface area contributed by atoms with E-state index in [0.29, 0.717) is 41.2 Å². The Labute approximate surface area is 165 Å². The highest BCUT2D eigenvalue weighted by atomic mass is 16.5. The molecule has 0 heterocycles. The molecule has 5 heteroatoms. The number of phenolic OH excluding ortho intramolecular Hbond substituents is 1. The van der Waals surface area contributed by atoms with Gasteiger partial charge in [-0.25, -0.2) is 0 Å². The van der Waals surface area contributed by atoms with Crippen LogP contribution in [-0.2, 0) is 11.3 Å². The van der Waals surface area contributed by atoms with Gasteiger partial charge >= 0.3 is 0 Å². The summed E-state index contributed by atoms with van der Waals surface area (Å²) in [6.45, 7) is 4.82. The van der Waals surface area contributed by atoms with Crippen LogP contribution in [0, 0.1) is 0 Å². The van der Waals surface area contributed by atoms with Gasteiger partial charge in [-0.15, -0.1) is 0 Å². The van der Waals surface area contributed by atoms with E-state index >= 15 is 0 Å². The molecule has 3 aromatic rings. The van der Waals surface area contributed by atoms with Crippen molar-refractivity contribution >= 4 is 10.8 Å². The summed E-state index contributed by atoms with van der Waals surface area (Å²) in [7, 11) is 3.16. The molecule has 1 atom stereocenters. The Kier molecular flexibility index (Phi) is 6.26. The van der Waals surface area contributed by atoms with Crippen molar-refractivity contribution in [2.45, 2.75) is 26.6 Å². The second-order valence-corrected chi connectivity index (χ2v) is 6.44. The molecule has 0 radical (unpaired) electrons. The lowest BCUT2D eigenvalue weighted by atomic mass is 9.99. The van der Waals surface area contributed by atoms with Gasteiger partial charge in [-0.3, -0.25) is 0 Å². The SMILES string of the molecule is CCOc1c(C(C)OCc2ccccc2)cc(O)c2cc(OC)cc(OC)c12. The predicted octanol–water partition coefficient (Wildman–Crippen LogP) is 5.24. The molecule has 0 amide bonds. The molecule has 0 spiro atoms. The van der Waals surface area contributed by atoms with E-state index in [2.05, 4.69) is 0 Å². The highest BCUT2D eigenvalue weighted by molar-refractivity contribution is 6.00. The molecule has 1 N–H and O–H groups in total. The van der Waals surface area contributed by atoms with Crippen LogP contribution >= 0.6 is 0 Å². The standard InChI is InChI=1S/C23H26O5/c1-5-27-23-18(15(2)28-14-16-9-7-6-8-10-16)13-20(24)19-11-17(25-3)12-21(26-4)22(19)23/h6-13,15,24H,5,14H2,1-4H3. The van der Waals surface area contributed by atoms with E-state index in [9.17, 15) is 5.11 Å². The van der Waals surface area contributed by atoms with E-state index in [1.807, 2.05) is 44.2 Å². The molecule has 3 rings (SSSR count). The minimum atomic E-state index is -0.288. The summed E-state index contributed by atoms with van der Waals surface area (Å²) in [5.74, 6) is 1.95. The number of rotatable bonds is 8. The molecular formula is C23H26O5. The number of ether oxygens (including phenoxy) is 4. The topological polar surface area (TPSA) is 57.2 Å². The van der Waals surface area contributed by atoms with Crippen LogP contribution in [-0.4, -0.2) is 25.9 Å². The van der Waals surface area contributed by atoms with Gasteiger partial charge in [0.2, 0.25) is 0 Å². The third kappa shape index (κ3) is 3.99. The van der Waals surface area contributed by atoms with Gasteiger partial charge in [-0.1, -0.05) is 30.3 Å². The lowest BCUT2D eigenvalue weighted by Gasteiger charge is -2.21. The van der Waals surface area contributed by atoms with Gasteiger partial charge in [0.1, 0.15) is 23.0 Å². The molecule has 0 aliphatic heterocycles. The first kappa shape index (κ1) is 19.8. The van der Waals surface area contributed by atoms with Crippen molar-refractivity contribution in [2.24, 2.45) is 0 Å². The highest BCUT2D eigenvalue weighted by Gasteiger charge is 2.22. The molecule has 0 saturated carbocycles. The van der Waals surface area contributed by atoms with Crippen molar-refractivity contribution in [3.8, 4) is 23.0 Å². The number of hydrogen-bond acceptors (Lipinski definition) is 5. The smallest absolute Gasteiger partial charge is 0.136 e. The Morgan fingerprint density at radius 1 is 1.00 bits per heavy atom. The first-order valence-electron chi connectivity index (χ1n) is 9.28.